The van der Waals surface area contributed by atoms with Crippen molar-refractivity contribution in [2.75, 3.05) is 5.75 Å². The van der Waals surface area contributed by atoms with Gasteiger partial charge in [-0.15, -0.1) is 5.10 Å². The van der Waals surface area contributed by atoms with Crippen LogP contribution >= 0.6 is 11.8 Å². The molecule has 182 valence electrons. The number of aryl methyl sites for hydroxylation is 1. The molecule has 2 heterocycles. The summed E-state index contributed by atoms with van der Waals surface area (Å²) in [6.45, 7) is 2.05. The van der Waals surface area contributed by atoms with Gasteiger partial charge in [0, 0.05) is 12.0 Å². The fourth-order valence-corrected chi connectivity index (χ4v) is 5.21. The van der Waals surface area contributed by atoms with Gasteiger partial charge in [-0.1, -0.05) is 108 Å². The number of hydrazone groups is 1. The molecule has 1 aliphatic rings. The molecule has 0 spiro atoms. The third-order valence-corrected chi connectivity index (χ3v) is 7.38. The molecule has 6 rings (SSSR count). The van der Waals surface area contributed by atoms with Crippen molar-refractivity contribution in [2.24, 2.45) is 5.10 Å². The molecule has 1 aliphatic heterocycles. The van der Waals surface area contributed by atoms with Crippen molar-refractivity contribution in [3.8, 4) is 11.4 Å². The highest BCUT2D eigenvalue weighted by molar-refractivity contribution is 7.99. The number of nitrogens with zero attached hydrogens (tertiary/aromatic N) is 4. The molecule has 0 bridgehead atoms. The van der Waals surface area contributed by atoms with Crippen molar-refractivity contribution in [3.63, 3.8) is 0 Å². The standard InChI is InChI=1S/C30H25N5OS/c1-20-11-13-23(14-12-20)29-31-30(33-32-29)37-19-28(36)35-27(22-8-3-2-4-9-22)18-26(34-35)25-16-15-21-7-5-6-10-24(21)17-25/h2-17,27H,18-19H2,1H3,(H,31,32,33)/t27-/m1/s1. The fourth-order valence-electron chi connectivity index (χ4n) is 4.56. The number of aromatic amines is 1. The number of rotatable bonds is 6. The zero-order valence-electron chi connectivity index (χ0n) is 20.3. The minimum Gasteiger partial charge on any atom is -0.272 e. The lowest BCUT2D eigenvalue weighted by Crippen LogP contribution is -2.28. The van der Waals surface area contributed by atoms with E-state index >= 15 is 0 Å². The van der Waals surface area contributed by atoms with E-state index in [0.717, 1.165) is 27.8 Å². The minimum absolute atomic E-state index is 0.0728. The zero-order chi connectivity index (χ0) is 25.2. The Kier molecular flexibility index (Phi) is 6.28. The number of H-pyrrole nitrogens is 1. The summed E-state index contributed by atoms with van der Waals surface area (Å²) in [6, 6.07) is 32.7. The van der Waals surface area contributed by atoms with Gasteiger partial charge >= 0.3 is 0 Å². The van der Waals surface area contributed by atoms with E-state index in [1.165, 1.54) is 22.7 Å². The number of thioether (sulfide) groups is 1. The van der Waals surface area contributed by atoms with Crippen molar-refractivity contribution in [3.05, 3.63) is 114 Å². The molecule has 1 amide bonds. The first kappa shape index (κ1) is 23.2. The second kappa shape index (κ2) is 10.0. The van der Waals surface area contributed by atoms with E-state index in [-0.39, 0.29) is 17.7 Å². The lowest BCUT2D eigenvalue weighted by Gasteiger charge is -2.21. The lowest BCUT2D eigenvalue weighted by molar-refractivity contribution is -0.130. The summed E-state index contributed by atoms with van der Waals surface area (Å²) in [5.41, 5.74) is 5.17. The Morgan fingerprint density at radius 2 is 1.65 bits per heavy atom. The van der Waals surface area contributed by atoms with Crippen LogP contribution in [0.4, 0.5) is 0 Å². The van der Waals surface area contributed by atoms with Crippen LogP contribution in [0.5, 0.6) is 0 Å². The van der Waals surface area contributed by atoms with E-state index in [1.54, 1.807) is 5.01 Å². The van der Waals surface area contributed by atoms with Gasteiger partial charge < -0.3 is 0 Å². The molecule has 1 aromatic heterocycles. The van der Waals surface area contributed by atoms with Gasteiger partial charge in [-0.2, -0.15) is 5.10 Å². The lowest BCUT2D eigenvalue weighted by atomic mass is 9.97. The highest BCUT2D eigenvalue weighted by atomic mass is 32.2. The Bertz CT molecular complexity index is 1590. The third-order valence-electron chi connectivity index (χ3n) is 6.55. The van der Waals surface area contributed by atoms with Crippen LogP contribution in [0.3, 0.4) is 0 Å². The number of hydrogen-bond acceptors (Lipinski definition) is 5. The number of benzene rings is 4. The number of carbonyl (C=O) groups excluding carboxylic acids is 1. The summed E-state index contributed by atoms with van der Waals surface area (Å²) in [4.78, 5) is 18.0. The maximum atomic E-state index is 13.4. The largest absolute Gasteiger partial charge is 0.272 e. The van der Waals surface area contributed by atoms with E-state index in [2.05, 4.69) is 57.6 Å². The Balaban J connectivity index is 1.23. The molecular formula is C30H25N5OS. The molecule has 4 aromatic carbocycles. The van der Waals surface area contributed by atoms with E-state index in [0.29, 0.717) is 17.4 Å². The second-order valence-electron chi connectivity index (χ2n) is 9.10. The minimum atomic E-state index is -0.147. The van der Waals surface area contributed by atoms with Gasteiger partial charge in [0.05, 0.1) is 17.5 Å². The molecule has 0 fully saturated rings. The van der Waals surface area contributed by atoms with E-state index in [4.69, 9.17) is 5.10 Å². The van der Waals surface area contributed by atoms with Gasteiger partial charge in [0.25, 0.3) is 5.91 Å². The van der Waals surface area contributed by atoms with Gasteiger partial charge in [-0.25, -0.2) is 9.99 Å². The molecular weight excluding hydrogens is 478 g/mol. The molecule has 1 atom stereocenters. The van der Waals surface area contributed by atoms with Crippen LogP contribution < -0.4 is 0 Å². The average Bonchev–Trinajstić information content (AvgIpc) is 3.61. The first-order chi connectivity index (χ1) is 18.1. The number of aromatic nitrogens is 3. The van der Waals surface area contributed by atoms with Gasteiger partial charge in [0.15, 0.2) is 5.82 Å². The van der Waals surface area contributed by atoms with Crippen LogP contribution in [0, 0.1) is 6.92 Å². The molecule has 0 aliphatic carbocycles. The summed E-state index contributed by atoms with van der Waals surface area (Å²) < 4.78 is 0. The molecule has 5 aromatic rings. The summed E-state index contributed by atoms with van der Waals surface area (Å²) in [5.74, 6) is 0.814. The molecule has 7 heteroatoms. The molecule has 0 saturated carbocycles. The Labute approximate surface area is 219 Å². The smallest absolute Gasteiger partial charge is 0.253 e. The first-order valence-corrected chi connectivity index (χ1v) is 13.2. The first-order valence-electron chi connectivity index (χ1n) is 12.2. The zero-order valence-corrected chi connectivity index (χ0v) is 21.2. The normalized spacial score (nSPS) is 15.2. The van der Waals surface area contributed by atoms with Crippen LogP contribution in [-0.2, 0) is 4.79 Å². The Morgan fingerprint density at radius 1 is 0.919 bits per heavy atom. The van der Waals surface area contributed by atoms with Crippen molar-refractivity contribution in [1.29, 1.82) is 0 Å². The monoisotopic (exact) mass is 503 g/mol. The molecule has 1 N–H and O–H groups in total. The van der Waals surface area contributed by atoms with Crippen molar-refractivity contribution in [2.45, 2.75) is 24.5 Å². The fraction of sp³-hybridized carbons (Fsp3) is 0.133. The molecule has 6 nitrogen and oxygen atoms in total. The Hall–Kier alpha value is -4.23. The number of carbonyl (C=O) groups is 1. The number of hydrogen-bond donors (Lipinski definition) is 1. The van der Waals surface area contributed by atoms with Crippen LogP contribution in [0.25, 0.3) is 22.2 Å². The highest BCUT2D eigenvalue weighted by Gasteiger charge is 2.33. The molecule has 0 unspecified atom stereocenters. The van der Waals surface area contributed by atoms with E-state index in [1.807, 2.05) is 61.5 Å². The quantitative estimate of drug-likeness (QED) is 0.272. The summed E-state index contributed by atoms with van der Waals surface area (Å²) in [6.07, 6.45) is 0.664. The van der Waals surface area contributed by atoms with Crippen molar-refractivity contribution >= 4 is 34.2 Å². The van der Waals surface area contributed by atoms with E-state index < -0.39 is 0 Å². The number of amides is 1. The molecule has 0 saturated heterocycles. The van der Waals surface area contributed by atoms with Gasteiger partial charge in [-0.3, -0.25) is 9.89 Å². The van der Waals surface area contributed by atoms with Crippen LogP contribution in [0.15, 0.2) is 107 Å². The van der Waals surface area contributed by atoms with Crippen LogP contribution in [0.1, 0.15) is 29.2 Å². The van der Waals surface area contributed by atoms with E-state index in [9.17, 15) is 4.79 Å². The second-order valence-corrected chi connectivity index (χ2v) is 10.0. The molecule has 0 radical (unpaired) electrons. The number of fused-ring (bicyclic) bond motifs is 1. The SMILES string of the molecule is Cc1ccc(-c2nc(SCC(=O)N3N=C(c4ccc5ccccc5c4)C[C@@H]3c3ccccc3)n[nH]2)cc1. The van der Waals surface area contributed by atoms with Gasteiger partial charge in [0.2, 0.25) is 5.16 Å². The summed E-state index contributed by atoms with van der Waals surface area (Å²) >= 11 is 1.32. The molecule has 37 heavy (non-hydrogen) atoms. The number of nitrogens with one attached hydrogen (secondary N) is 1. The summed E-state index contributed by atoms with van der Waals surface area (Å²) in [5, 5.41) is 16.6. The predicted octanol–water partition coefficient (Wildman–Crippen LogP) is 6.40. The topological polar surface area (TPSA) is 74.2 Å². The van der Waals surface area contributed by atoms with Crippen LogP contribution in [-0.4, -0.2) is 37.6 Å². The average molecular weight is 504 g/mol. The maximum absolute atomic E-state index is 13.4. The summed E-state index contributed by atoms with van der Waals surface area (Å²) in [7, 11) is 0. The highest BCUT2D eigenvalue weighted by Crippen LogP contribution is 2.34. The van der Waals surface area contributed by atoms with Crippen LogP contribution in [0.2, 0.25) is 0 Å². The van der Waals surface area contributed by atoms with Gasteiger partial charge in [-0.05, 0) is 34.9 Å². The van der Waals surface area contributed by atoms with Crippen molar-refractivity contribution < 1.29 is 4.79 Å². The van der Waals surface area contributed by atoms with Gasteiger partial charge in [0.1, 0.15) is 0 Å². The predicted molar refractivity (Wildman–Crippen MR) is 148 cm³/mol. The Morgan fingerprint density at radius 3 is 2.46 bits per heavy atom. The van der Waals surface area contributed by atoms with Crippen molar-refractivity contribution in [1.82, 2.24) is 20.2 Å². The third kappa shape index (κ3) is 4.90. The maximum Gasteiger partial charge on any atom is 0.253 e.